The van der Waals surface area contributed by atoms with Crippen LogP contribution < -0.4 is 5.32 Å². The van der Waals surface area contributed by atoms with Gasteiger partial charge in [0.1, 0.15) is 0 Å². The zero-order valence-electron chi connectivity index (χ0n) is 9.81. The number of nitrogens with one attached hydrogen (secondary N) is 1. The summed E-state index contributed by atoms with van der Waals surface area (Å²) >= 11 is 7.39. The van der Waals surface area contributed by atoms with Crippen LogP contribution >= 0.6 is 23.4 Å². The molecule has 0 saturated carbocycles. The minimum absolute atomic E-state index is 0.305. The number of thioether (sulfide) groups is 1. The molecule has 2 rings (SSSR count). The van der Waals surface area contributed by atoms with E-state index in [1.165, 1.54) is 16.3 Å². The number of anilines is 1. The Morgan fingerprint density at radius 2 is 2.44 bits per heavy atom. The summed E-state index contributed by atoms with van der Waals surface area (Å²) < 4.78 is 6.29. The first-order valence-corrected chi connectivity index (χ1v) is 6.78. The van der Waals surface area contributed by atoms with E-state index in [0.717, 1.165) is 4.90 Å². The third-order valence-electron chi connectivity index (χ3n) is 2.09. The number of ether oxygens (including phenoxy) is 1. The molecule has 0 bridgehead atoms. The van der Waals surface area contributed by atoms with Crippen molar-refractivity contribution in [3.8, 4) is 0 Å². The summed E-state index contributed by atoms with van der Waals surface area (Å²) in [5.74, 6) is 0.374. The second-order valence-corrected chi connectivity index (χ2v) is 4.51. The van der Waals surface area contributed by atoms with Crippen LogP contribution in [0.1, 0.15) is 6.92 Å². The van der Waals surface area contributed by atoms with Gasteiger partial charge in [-0.1, -0.05) is 11.6 Å². The van der Waals surface area contributed by atoms with Crippen LogP contribution in [0.15, 0.2) is 17.2 Å². The highest BCUT2D eigenvalue weighted by Gasteiger charge is 2.11. The molecule has 0 radical (unpaired) electrons. The number of fused-ring (bicyclic) bond motifs is 1. The first kappa shape index (κ1) is 13.0. The van der Waals surface area contributed by atoms with Crippen LogP contribution in [0.5, 0.6) is 0 Å². The lowest BCUT2D eigenvalue weighted by molar-refractivity contribution is 0.168. The molecule has 0 aliphatic carbocycles. The quantitative estimate of drug-likeness (QED) is 0.879. The van der Waals surface area contributed by atoms with Gasteiger partial charge in [-0.25, -0.2) is 14.3 Å². The Morgan fingerprint density at radius 3 is 3.11 bits per heavy atom. The van der Waals surface area contributed by atoms with Crippen LogP contribution in [0.25, 0.3) is 5.65 Å². The maximum atomic E-state index is 11.3. The fourth-order valence-electron chi connectivity index (χ4n) is 1.40. The van der Waals surface area contributed by atoms with Gasteiger partial charge in [-0.3, -0.25) is 5.32 Å². The zero-order chi connectivity index (χ0) is 13.1. The van der Waals surface area contributed by atoms with Crippen LogP contribution in [-0.2, 0) is 4.74 Å². The average Bonchev–Trinajstić information content (AvgIpc) is 2.70. The molecule has 1 amide bonds. The molecule has 2 aromatic heterocycles. The SMILES string of the molecule is CCOC(=O)Nc1cn2nc(Cl)cc(SC)c2n1. The third-order valence-corrected chi connectivity index (χ3v) is 3.01. The van der Waals surface area contributed by atoms with Crippen molar-refractivity contribution in [3.05, 3.63) is 17.4 Å². The van der Waals surface area contributed by atoms with E-state index >= 15 is 0 Å². The molecule has 2 aromatic rings. The molecule has 2 heterocycles. The number of aromatic nitrogens is 3. The van der Waals surface area contributed by atoms with Gasteiger partial charge in [-0.15, -0.1) is 11.8 Å². The molecule has 0 saturated heterocycles. The Hall–Kier alpha value is -1.47. The third kappa shape index (κ3) is 2.68. The molecule has 96 valence electrons. The largest absolute Gasteiger partial charge is 0.450 e. The highest BCUT2D eigenvalue weighted by atomic mass is 35.5. The van der Waals surface area contributed by atoms with Crippen molar-refractivity contribution in [2.45, 2.75) is 11.8 Å². The van der Waals surface area contributed by atoms with Crippen LogP contribution in [-0.4, -0.2) is 33.6 Å². The molecule has 0 fully saturated rings. The van der Waals surface area contributed by atoms with Crippen molar-refractivity contribution < 1.29 is 9.53 Å². The van der Waals surface area contributed by atoms with Crippen molar-refractivity contribution in [2.24, 2.45) is 0 Å². The molecule has 6 nitrogen and oxygen atoms in total. The number of rotatable bonds is 3. The Morgan fingerprint density at radius 1 is 1.67 bits per heavy atom. The first-order chi connectivity index (χ1) is 8.63. The summed E-state index contributed by atoms with van der Waals surface area (Å²) in [6, 6.07) is 1.72. The standard InChI is InChI=1S/C10H11ClN4O2S/c1-3-17-10(16)13-8-5-15-9(12-8)6(18-2)4-7(11)14-15/h4-5H,3H2,1-2H3,(H,13,16). The van der Waals surface area contributed by atoms with Gasteiger partial charge >= 0.3 is 6.09 Å². The Kier molecular flexibility index (Phi) is 3.93. The Labute approximate surface area is 113 Å². The number of hydrogen-bond acceptors (Lipinski definition) is 5. The fraction of sp³-hybridized carbons (Fsp3) is 0.300. The lowest BCUT2D eigenvalue weighted by Crippen LogP contribution is -2.13. The molecule has 0 aromatic carbocycles. The number of nitrogens with zero attached hydrogens (tertiary/aromatic N) is 3. The summed E-state index contributed by atoms with van der Waals surface area (Å²) in [6.07, 6.45) is 2.95. The monoisotopic (exact) mass is 286 g/mol. The van der Waals surface area contributed by atoms with Crippen LogP contribution in [0.4, 0.5) is 10.6 Å². The first-order valence-electron chi connectivity index (χ1n) is 5.17. The van der Waals surface area contributed by atoms with E-state index in [1.54, 1.807) is 19.2 Å². The highest BCUT2D eigenvalue weighted by molar-refractivity contribution is 7.98. The summed E-state index contributed by atoms with van der Waals surface area (Å²) in [4.78, 5) is 16.4. The van der Waals surface area contributed by atoms with Gasteiger partial charge in [0.05, 0.1) is 17.7 Å². The fourth-order valence-corrected chi connectivity index (χ4v) is 2.21. The smallest absolute Gasteiger partial charge is 0.412 e. The van der Waals surface area contributed by atoms with Gasteiger partial charge in [0, 0.05) is 0 Å². The summed E-state index contributed by atoms with van der Waals surface area (Å²) in [5, 5.41) is 6.96. The average molecular weight is 287 g/mol. The maximum absolute atomic E-state index is 11.3. The molecule has 18 heavy (non-hydrogen) atoms. The van der Waals surface area contributed by atoms with Crippen LogP contribution in [0.3, 0.4) is 0 Å². The number of amides is 1. The molecular weight excluding hydrogens is 276 g/mol. The van der Waals surface area contributed by atoms with Crippen LogP contribution in [0, 0.1) is 0 Å². The molecule has 1 N–H and O–H groups in total. The molecular formula is C10H11ClN4O2S. The Bertz CT molecular complexity index is 587. The maximum Gasteiger partial charge on any atom is 0.412 e. The van der Waals surface area contributed by atoms with E-state index in [1.807, 2.05) is 6.26 Å². The number of halogens is 1. The summed E-state index contributed by atoms with van der Waals surface area (Å²) in [6.45, 7) is 2.04. The lowest BCUT2D eigenvalue weighted by atomic mass is 10.5. The van der Waals surface area contributed by atoms with Crippen molar-refractivity contribution in [2.75, 3.05) is 18.2 Å². The van der Waals surface area contributed by atoms with Gasteiger partial charge in [0.2, 0.25) is 0 Å². The number of hydrogen-bond donors (Lipinski definition) is 1. The highest BCUT2D eigenvalue weighted by Crippen LogP contribution is 2.24. The number of carbonyl (C=O) groups excluding carboxylic acids is 1. The normalized spacial score (nSPS) is 10.6. The van der Waals surface area contributed by atoms with E-state index in [0.29, 0.717) is 23.2 Å². The van der Waals surface area contributed by atoms with E-state index < -0.39 is 6.09 Å². The van der Waals surface area contributed by atoms with Gasteiger partial charge in [0.15, 0.2) is 16.6 Å². The molecule has 0 aliphatic rings. The molecule has 0 unspecified atom stereocenters. The molecule has 8 heteroatoms. The van der Waals surface area contributed by atoms with E-state index in [9.17, 15) is 4.79 Å². The Balaban J connectivity index is 2.35. The summed E-state index contributed by atoms with van der Waals surface area (Å²) in [5.41, 5.74) is 0.638. The molecule has 0 aliphatic heterocycles. The summed E-state index contributed by atoms with van der Waals surface area (Å²) in [7, 11) is 0. The van der Waals surface area contributed by atoms with Crippen LogP contribution in [0.2, 0.25) is 5.15 Å². The minimum Gasteiger partial charge on any atom is -0.450 e. The molecule has 0 atom stereocenters. The zero-order valence-corrected chi connectivity index (χ0v) is 11.4. The van der Waals surface area contributed by atoms with E-state index in [2.05, 4.69) is 15.4 Å². The minimum atomic E-state index is -0.544. The van der Waals surface area contributed by atoms with Gasteiger partial charge < -0.3 is 4.74 Å². The van der Waals surface area contributed by atoms with Crippen molar-refractivity contribution in [1.29, 1.82) is 0 Å². The number of carbonyl (C=O) groups is 1. The lowest BCUT2D eigenvalue weighted by Gasteiger charge is -2.00. The van der Waals surface area contributed by atoms with E-state index in [4.69, 9.17) is 16.3 Å². The predicted molar refractivity (Wildman–Crippen MR) is 70.4 cm³/mol. The van der Waals surface area contributed by atoms with Gasteiger partial charge in [-0.05, 0) is 19.2 Å². The predicted octanol–water partition coefficient (Wildman–Crippen LogP) is 2.67. The number of imidazole rings is 1. The van der Waals surface area contributed by atoms with Crippen molar-refractivity contribution in [1.82, 2.24) is 14.6 Å². The topological polar surface area (TPSA) is 68.5 Å². The van der Waals surface area contributed by atoms with Crippen molar-refractivity contribution >= 4 is 40.9 Å². The van der Waals surface area contributed by atoms with Gasteiger partial charge in [-0.2, -0.15) is 5.10 Å². The second-order valence-electron chi connectivity index (χ2n) is 3.28. The van der Waals surface area contributed by atoms with Crippen molar-refractivity contribution in [3.63, 3.8) is 0 Å². The van der Waals surface area contributed by atoms with Gasteiger partial charge in [0.25, 0.3) is 0 Å². The second kappa shape index (κ2) is 5.45. The van der Waals surface area contributed by atoms with E-state index in [-0.39, 0.29) is 0 Å². The molecule has 0 spiro atoms.